The highest BCUT2D eigenvalue weighted by Crippen LogP contribution is 2.39. The molecule has 0 nitrogen and oxygen atoms in total. The molecule has 6 aromatic rings. The molecule has 6 rings (SSSR count). The molecule has 0 saturated carbocycles. The van der Waals surface area contributed by atoms with Crippen molar-refractivity contribution >= 4 is 53.9 Å². The van der Waals surface area contributed by atoms with Crippen LogP contribution in [0.2, 0.25) is 0 Å². The summed E-state index contributed by atoms with van der Waals surface area (Å²) in [7, 11) is 0. The van der Waals surface area contributed by atoms with Gasteiger partial charge in [0.05, 0.1) is 0 Å². The van der Waals surface area contributed by atoms with Gasteiger partial charge in [-0.25, -0.2) is 0 Å². The highest BCUT2D eigenvalue weighted by atomic mass is 14.1. The SMILES string of the molecule is c1ccc2c(c1)c1ccccc1c1cccc3ccc4cccc2c4c31. The molecule has 0 atom stereocenters. The van der Waals surface area contributed by atoms with Crippen LogP contribution >= 0.6 is 0 Å². The van der Waals surface area contributed by atoms with E-state index in [0.717, 1.165) is 0 Å². The van der Waals surface area contributed by atoms with Crippen molar-refractivity contribution in [3.8, 4) is 0 Å². The number of rotatable bonds is 0. The summed E-state index contributed by atoms with van der Waals surface area (Å²) in [5, 5.41) is 13.2. The van der Waals surface area contributed by atoms with Crippen molar-refractivity contribution < 1.29 is 0 Å². The number of hydrogen-bond donors (Lipinski definition) is 0. The third-order valence-electron chi connectivity index (χ3n) is 5.61. The zero-order valence-corrected chi connectivity index (χ0v) is 14.2. The topological polar surface area (TPSA) is 0 Å². The summed E-state index contributed by atoms with van der Waals surface area (Å²) < 4.78 is 0. The summed E-state index contributed by atoms with van der Waals surface area (Å²) in [5.74, 6) is 0. The van der Waals surface area contributed by atoms with E-state index < -0.39 is 0 Å². The third-order valence-corrected chi connectivity index (χ3v) is 5.61. The maximum atomic E-state index is 2.27. The zero-order chi connectivity index (χ0) is 17.1. The van der Waals surface area contributed by atoms with Crippen LogP contribution in [0.5, 0.6) is 0 Å². The Balaban J connectivity index is 2.17. The summed E-state index contributed by atoms with van der Waals surface area (Å²) in [6.07, 6.45) is 0. The molecule has 0 aromatic heterocycles. The van der Waals surface area contributed by atoms with Gasteiger partial charge in [0.15, 0.2) is 0 Å². The Labute approximate surface area is 151 Å². The maximum Gasteiger partial charge on any atom is -0.00203 e. The van der Waals surface area contributed by atoms with Gasteiger partial charge in [0.2, 0.25) is 0 Å². The average molecular weight is 328 g/mol. The average Bonchev–Trinajstić information content (AvgIpc) is 2.72. The lowest BCUT2D eigenvalue weighted by atomic mass is 9.90. The minimum atomic E-state index is 1.30. The Morgan fingerprint density at radius 2 is 0.615 bits per heavy atom. The van der Waals surface area contributed by atoms with Gasteiger partial charge in [-0.2, -0.15) is 0 Å². The highest BCUT2D eigenvalue weighted by molar-refractivity contribution is 6.32. The van der Waals surface area contributed by atoms with Crippen molar-refractivity contribution in [3.63, 3.8) is 0 Å². The second-order valence-corrected chi connectivity index (χ2v) is 6.96. The molecule has 6 aromatic carbocycles. The van der Waals surface area contributed by atoms with Crippen molar-refractivity contribution in [1.29, 1.82) is 0 Å². The predicted octanol–water partition coefficient (Wildman–Crippen LogP) is 7.45. The lowest BCUT2D eigenvalue weighted by Crippen LogP contribution is -1.85. The maximum absolute atomic E-state index is 2.27. The third kappa shape index (κ3) is 1.74. The van der Waals surface area contributed by atoms with Gasteiger partial charge in [-0.15, -0.1) is 0 Å². The Bertz CT molecular complexity index is 1360. The molecule has 0 aliphatic carbocycles. The molecular formula is C26H16. The fourth-order valence-corrected chi connectivity index (χ4v) is 4.51. The lowest BCUT2D eigenvalue weighted by Gasteiger charge is -2.13. The summed E-state index contributed by atoms with van der Waals surface area (Å²) in [5.41, 5.74) is 0. The quantitative estimate of drug-likeness (QED) is 0.254. The number of benzene rings is 5. The van der Waals surface area contributed by atoms with Crippen LogP contribution in [-0.4, -0.2) is 0 Å². The first kappa shape index (κ1) is 13.9. The smallest absolute Gasteiger partial charge is 0.00203 e. The van der Waals surface area contributed by atoms with Crippen LogP contribution in [0, 0.1) is 0 Å². The normalized spacial score (nSPS) is 11.8. The van der Waals surface area contributed by atoms with Crippen LogP contribution in [-0.2, 0) is 0 Å². The largest absolute Gasteiger partial charge is 0.0616 e. The van der Waals surface area contributed by atoms with Crippen LogP contribution in [0.1, 0.15) is 0 Å². The van der Waals surface area contributed by atoms with Gasteiger partial charge in [0.1, 0.15) is 0 Å². The van der Waals surface area contributed by atoms with Gasteiger partial charge >= 0.3 is 0 Å². The Kier molecular flexibility index (Phi) is 2.70. The molecule has 0 aliphatic heterocycles. The summed E-state index contributed by atoms with van der Waals surface area (Å²) >= 11 is 0. The molecule has 26 heavy (non-hydrogen) atoms. The van der Waals surface area contributed by atoms with E-state index in [2.05, 4.69) is 97.1 Å². The predicted molar refractivity (Wildman–Crippen MR) is 114 cm³/mol. The molecule has 0 bridgehead atoms. The monoisotopic (exact) mass is 328 g/mol. The Morgan fingerprint density at radius 1 is 0.269 bits per heavy atom. The lowest BCUT2D eigenvalue weighted by molar-refractivity contribution is 1.78. The molecule has 0 aliphatic rings. The molecule has 120 valence electrons. The standard InChI is InChI=1S/C26H16/c1-3-11-21-19(9-1)20-10-2-4-12-22(20)24-14-6-8-18-16-15-17-7-5-13-23(21)25(17)26(18)24/h1-16H. The van der Waals surface area contributed by atoms with E-state index in [1.54, 1.807) is 0 Å². The van der Waals surface area contributed by atoms with Crippen molar-refractivity contribution in [2.24, 2.45) is 0 Å². The number of fused-ring (bicyclic) bond motifs is 5. The number of hydrogen-bond acceptors (Lipinski definition) is 0. The minimum Gasteiger partial charge on any atom is -0.0616 e. The fraction of sp³-hybridized carbons (Fsp3) is 0. The first-order valence-electron chi connectivity index (χ1n) is 9.05. The molecule has 0 saturated heterocycles. The molecule has 0 heterocycles. The van der Waals surface area contributed by atoms with E-state index in [9.17, 15) is 0 Å². The van der Waals surface area contributed by atoms with E-state index in [1.165, 1.54) is 53.9 Å². The van der Waals surface area contributed by atoms with Crippen LogP contribution < -0.4 is 0 Å². The molecule has 0 fully saturated rings. The Hall–Kier alpha value is -3.38. The van der Waals surface area contributed by atoms with Crippen molar-refractivity contribution in [2.75, 3.05) is 0 Å². The van der Waals surface area contributed by atoms with E-state index in [4.69, 9.17) is 0 Å². The van der Waals surface area contributed by atoms with Gasteiger partial charge in [0.25, 0.3) is 0 Å². The summed E-state index contributed by atoms with van der Waals surface area (Å²) in [6, 6.07) is 35.4. The molecule has 0 radical (unpaired) electrons. The second-order valence-electron chi connectivity index (χ2n) is 6.96. The van der Waals surface area contributed by atoms with E-state index in [0.29, 0.717) is 0 Å². The highest BCUT2D eigenvalue weighted by Gasteiger charge is 2.11. The van der Waals surface area contributed by atoms with Crippen LogP contribution in [0.15, 0.2) is 97.1 Å². The van der Waals surface area contributed by atoms with Crippen LogP contribution in [0.25, 0.3) is 53.9 Å². The zero-order valence-electron chi connectivity index (χ0n) is 14.2. The van der Waals surface area contributed by atoms with E-state index in [-0.39, 0.29) is 0 Å². The summed E-state index contributed by atoms with van der Waals surface area (Å²) in [6.45, 7) is 0. The molecule has 0 spiro atoms. The fourth-order valence-electron chi connectivity index (χ4n) is 4.51. The Morgan fingerprint density at radius 3 is 1.04 bits per heavy atom. The van der Waals surface area contributed by atoms with Gasteiger partial charge in [-0.05, 0) is 53.9 Å². The first-order chi connectivity index (χ1) is 12.9. The van der Waals surface area contributed by atoms with Crippen molar-refractivity contribution in [2.45, 2.75) is 0 Å². The second kappa shape index (κ2) is 5.06. The molecule has 0 heteroatoms. The van der Waals surface area contributed by atoms with Crippen LogP contribution in [0.4, 0.5) is 0 Å². The van der Waals surface area contributed by atoms with E-state index in [1.807, 2.05) is 0 Å². The first-order valence-corrected chi connectivity index (χ1v) is 9.05. The van der Waals surface area contributed by atoms with Gasteiger partial charge in [0, 0.05) is 0 Å². The molecule has 0 N–H and O–H groups in total. The minimum absolute atomic E-state index is 1.30. The summed E-state index contributed by atoms with van der Waals surface area (Å²) in [4.78, 5) is 0. The van der Waals surface area contributed by atoms with Gasteiger partial charge < -0.3 is 0 Å². The van der Waals surface area contributed by atoms with Crippen LogP contribution in [0.3, 0.4) is 0 Å². The van der Waals surface area contributed by atoms with Crippen molar-refractivity contribution in [1.82, 2.24) is 0 Å². The van der Waals surface area contributed by atoms with Gasteiger partial charge in [-0.3, -0.25) is 0 Å². The van der Waals surface area contributed by atoms with Crippen molar-refractivity contribution in [3.05, 3.63) is 97.1 Å². The molecule has 0 amide bonds. The molecule has 0 unspecified atom stereocenters. The van der Waals surface area contributed by atoms with E-state index >= 15 is 0 Å². The molecular weight excluding hydrogens is 312 g/mol. The van der Waals surface area contributed by atoms with Gasteiger partial charge in [-0.1, -0.05) is 97.1 Å².